The van der Waals surface area contributed by atoms with Crippen molar-refractivity contribution >= 4 is 5.91 Å². The molecule has 0 saturated carbocycles. The van der Waals surface area contributed by atoms with Crippen LogP contribution in [0.15, 0.2) is 12.2 Å². The Balaban J connectivity index is 2.42. The van der Waals surface area contributed by atoms with E-state index in [1.165, 1.54) is 122 Å². The Kier molecular flexibility index (Phi) is 29.7. The van der Waals surface area contributed by atoms with Crippen LogP contribution in [0.1, 0.15) is 181 Å². The van der Waals surface area contributed by atoms with E-state index in [1.807, 2.05) is 6.08 Å². The standard InChI is InChI=1S/C40H77NO8/c1-3-5-7-9-11-13-15-17-18-20-22-24-26-28-30-36(44)41-33(32-48-40-39(47)38(46)37(45)35(31-42)49-40)34(43)29-27-25-23-21-19-16-14-12-10-8-6-4-2/h27,29,33-35,37-40,42-43,45-47H,3-26,28,30-32H2,1-2H3,(H,41,44)/b29-27+/t33-,34+,35+,37+,38?,39?,40+/m0/s1. The van der Waals surface area contributed by atoms with Gasteiger partial charge in [-0.25, -0.2) is 0 Å². The Hall–Kier alpha value is -1.07. The number of ether oxygens (including phenoxy) is 2. The number of aliphatic hydroxyl groups excluding tert-OH is 5. The predicted molar refractivity (Wildman–Crippen MR) is 198 cm³/mol. The van der Waals surface area contributed by atoms with Gasteiger partial charge in [0.1, 0.15) is 24.4 Å². The summed E-state index contributed by atoms with van der Waals surface area (Å²) < 4.78 is 11.2. The van der Waals surface area contributed by atoms with Gasteiger partial charge in [-0.05, 0) is 19.3 Å². The number of carbonyl (C=O) groups is 1. The highest BCUT2D eigenvalue weighted by molar-refractivity contribution is 5.76. The maximum atomic E-state index is 12.9. The Labute approximate surface area is 299 Å². The number of aliphatic hydroxyl groups is 5. The van der Waals surface area contributed by atoms with Crippen molar-refractivity contribution < 1.29 is 39.8 Å². The highest BCUT2D eigenvalue weighted by atomic mass is 16.7. The lowest BCUT2D eigenvalue weighted by Crippen LogP contribution is -2.60. The van der Waals surface area contributed by atoms with Crippen molar-refractivity contribution in [2.24, 2.45) is 0 Å². The number of nitrogens with one attached hydrogen (secondary N) is 1. The van der Waals surface area contributed by atoms with Gasteiger partial charge in [-0.1, -0.05) is 167 Å². The quantitative estimate of drug-likeness (QED) is 0.0307. The summed E-state index contributed by atoms with van der Waals surface area (Å²) in [6, 6.07) is -0.796. The molecule has 1 heterocycles. The van der Waals surface area contributed by atoms with Crippen LogP contribution in [-0.2, 0) is 14.3 Å². The third kappa shape index (κ3) is 23.2. The van der Waals surface area contributed by atoms with Crippen LogP contribution in [0.2, 0.25) is 0 Å². The second-order valence-corrected chi connectivity index (χ2v) is 14.4. The highest BCUT2D eigenvalue weighted by Crippen LogP contribution is 2.22. The molecule has 1 rings (SSSR count). The second kappa shape index (κ2) is 31.6. The molecule has 9 heteroatoms. The molecule has 1 fully saturated rings. The molecule has 7 atom stereocenters. The van der Waals surface area contributed by atoms with Crippen LogP contribution in [0, 0.1) is 0 Å². The Morgan fingerprint density at radius 3 is 1.59 bits per heavy atom. The normalized spacial score (nSPS) is 22.5. The monoisotopic (exact) mass is 700 g/mol. The summed E-state index contributed by atoms with van der Waals surface area (Å²) in [5.41, 5.74) is 0. The van der Waals surface area contributed by atoms with E-state index in [1.54, 1.807) is 6.08 Å². The number of carbonyl (C=O) groups excluding carboxylic acids is 1. The van der Waals surface area contributed by atoms with Crippen LogP contribution in [0.4, 0.5) is 0 Å². The van der Waals surface area contributed by atoms with E-state index in [2.05, 4.69) is 19.2 Å². The first-order chi connectivity index (χ1) is 23.8. The molecule has 0 bridgehead atoms. The molecule has 1 aliphatic rings. The predicted octanol–water partition coefficient (Wildman–Crippen LogP) is 7.39. The fraction of sp³-hybridized carbons (Fsp3) is 0.925. The molecule has 0 radical (unpaired) electrons. The highest BCUT2D eigenvalue weighted by Gasteiger charge is 2.44. The molecule has 9 nitrogen and oxygen atoms in total. The van der Waals surface area contributed by atoms with Crippen molar-refractivity contribution in [3.05, 3.63) is 12.2 Å². The van der Waals surface area contributed by atoms with Crippen LogP contribution in [-0.4, -0.2) is 87.5 Å². The number of hydrogen-bond donors (Lipinski definition) is 6. The minimum Gasteiger partial charge on any atom is -0.394 e. The number of hydrogen-bond acceptors (Lipinski definition) is 8. The van der Waals surface area contributed by atoms with Gasteiger partial charge in [0.25, 0.3) is 0 Å². The van der Waals surface area contributed by atoms with Crippen LogP contribution in [0.25, 0.3) is 0 Å². The average molecular weight is 700 g/mol. The smallest absolute Gasteiger partial charge is 0.220 e. The van der Waals surface area contributed by atoms with E-state index in [4.69, 9.17) is 9.47 Å². The van der Waals surface area contributed by atoms with E-state index in [9.17, 15) is 30.3 Å². The first-order valence-corrected chi connectivity index (χ1v) is 20.4. The third-order valence-corrected chi connectivity index (χ3v) is 9.86. The van der Waals surface area contributed by atoms with Crippen LogP contribution in [0.5, 0.6) is 0 Å². The Morgan fingerprint density at radius 1 is 0.673 bits per heavy atom. The van der Waals surface area contributed by atoms with Crippen molar-refractivity contribution in [3.63, 3.8) is 0 Å². The first kappa shape index (κ1) is 46.0. The lowest BCUT2D eigenvalue weighted by atomic mass is 9.99. The minimum atomic E-state index is -1.56. The molecular formula is C40H77NO8. The van der Waals surface area contributed by atoms with Crippen LogP contribution in [0.3, 0.4) is 0 Å². The molecule has 0 aromatic rings. The van der Waals surface area contributed by atoms with Gasteiger partial charge in [0.15, 0.2) is 6.29 Å². The minimum absolute atomic E-state index is 0.177. The summed E-state index contributed by atoms with van der Waals surface area (Å²) in [6.45, 7) is 3.75. The Bertz CT molecular complexity index is 781. The number of unbranched alkanes of at least 4 members (excludes halogenated alkanes) is 23. The van der Waals surface area contributed by atoms with E-state index >= 15 is 0 Å². The summed E-state index contributed by atoms with van der Waals surface area (Å²) in [5, 5.41) is 53.9. The van der Waals surface area contributed by atoms with Gasteiger partial charge < -0.3 is 40.3 Å². The van der Waals surface area contributed by atoms with Crippen molar-refractivity contribution in [2.75, 3.05) is 13.2 Å². The van der Waals surface area contributed by atoms with Gasteiger partial charge in [-0.15, -0.1) is 0 Å². The summed E-state index contributed by atoms with van der Waals surface area (Å²) in [4.78, 5) is 12.9. The number of rotatable bonds is 33. The SMILES string of the molecule is CCCCCCCCCCCC/C=C/[C@@H](O)[C@H](CO[C@@H]1O[C@H](CO)[C@@H](O)C(O)C1O)NC(=O)CCCCCCCCCCCCCCCC. The van der Waals surface area contributed by atoms with E-state index < -0.39 is 49.5 Å². The topological polar surface area (TPSA) is 149 Å². The molecule has 0 spiro atoms. The average Bonchev–Trinajstić information content (AvgIpc) is 3.10. The van der Waals surface area contributed by atoms with Gasteiger partial charge >= 0.3 is 0 Å². The Morgan fingerprint density at radius 2 is 1.12 bits per heavy atom. The fourth-order valence-electron chi connectivity index (χ4n) is 6.51. The molecule has 1 aliphatic heterocycles. The third-order valence-electron chi connectivity index (χ3n) is 9.86. The zero-order valence-electron chi connectivity index (χ0n) is 31.5. The molecule has 49 heavy (non-hydrogen) atoms. The van der Waals surface area contributed by atoms with Crippen LogP contribution < -0.4 is 5.32 Å². The van der Waals surface area contributed by atoms with E-state index in [0.717, 1.165) is 38.5 Å². The maximum absolute atomic E-state index is 12.9. The maximum Gasteiger partial charge on any atom is 0.220 e. The van der Waals surface area contributed by atoms with Gasteiger partial charge in [0.05, 0.1) is 25.4 Å². The molecule has 1 saturated heterocycles. The van der Waals surface area contributed by atoms with Crippen LogP contribution >= 0.6 is 0 Å². The van der Waals surface area contributed by atoms with E-state index in [0.29, 0.717) is 6.42 Å². The fourth-order valence-corrected chi connectivity index (χ4v) is 6.51. The molecule has 290 valence electrons. The molecule has 6 N–H and O–H groups in total. The van der Waals surface area contributed by atoms with Gasteiger partial charge in [0.2, 0.25) is 5.91 Å². The lowest BCUT2D eigenvalue weighted by Gasteiger charge is -2.40. The summed E-state index contributed by atoms with van der Waals surface area (Å²) in [5.74, 6) is -0.177. The van der Waals surface area contributed by atoms with Gasteiger partial charge in [-0.2, -0.15) is 0 Å². The summed E-state index contributed by atoms with van der Waals surface area (Å²) in [6.07, 6.45) is 26.8. The first-order valence-electron chi connectivity index (χ1n) is 20.4. The molecule has 0 aliphatic carbocycles. The van der Waals surface area contributed by atoms with Gasteiger partial charge in [0, 0.05) is 6.42 Å². The lowest BCUT2D eigenvalue weighted by molar-refractivity contribution is -0.302. The zero-order valence-corrected chi connectivity index (χ0v) is 31.5. The summed E-state index contributed by atoms with van der Waals surface area (Å²) in [7, 11) is 0. The molecule has 2 unspecified atom stereocenters. The van der Waals surface area contributed by atoms with E-state index in [-0.39, 0.29) is 12.5 Å². The van der Waals surface area contributed by atoms with Crippen molar-refractivity contribution in [2.45, 2.75) is 224 Å². The zero-order chi connectivity index (χ0) is 36.0. The van der Waals surface area contributed by atoms with Crippen molar-refractivity contribution in [3.8, 4) is 0 Å². The summed E-state index contributed by atoms with van der Waals surface area (Å²) >= 11 is 0. The second-order valence-electron chi connectivity index (χ2n) is 14.4. The number of allylic oxidation sites excluding steroid dienone is 1. The molecule has 0 aromatic heterocycles. The molecule has 0 aromatic carbocycles. The number of amides is 1. The van der Waals surface area contributed by atoms with Gasteiger partial charge in [-0.3, -0.25) is 4.79 Å². The molecular weight excluding hydrogens is 622 g/mol. The van der Waals surface area contributed by atoms with Crippen molar-refractivity contribution in [1.82, 2.24) is 5.32 Å². The largest absolute Gasteiger partial charge is 0.394 e. The molecule has 1 amide bonds. The van der Waals surface area contributed by atoms with Crippen molar-refractivity contribution in [1.29, 1.82) is 0 Å².